The van der Waals surface area contributed by atoms with E-state index in [1.165, 1.54) is 0 Å². The molecule has 4 heterocycles. The Morgan fingerprint density at radius 2 is 1.90 bits per heavy atom. The summed E-state index contributed by atoms with van der Waals surface area (Å²) < 4.78 is 17.8. The SMILES string of the molecule is C[C@H]1[C@@H]2O[C@]3(NC(=O)OC(C)(C)C)[C@@H](C)[C@H]1O[C@H]2[C@@H]3I. The predicted molar refractivity (Wildman–Crippen MR) is 81.8 cm³/mol. The van der Waals surface area contributed by atoms with Crippen molar-refractivity contribution in [1.82, 2.24) is 5.32 Å². The van der Waals surface area contributed by atoms with E-state index >= 15 is 0 Å². The fourth-order valence-corrected chi connectivity index (χ4v) is 5.11. The summed E-state index contributed by atoms with van der Waals surface area (Å²) in [7, 11) is 0. The Morgan fingerprint density at radius 3 is 2.45 bits per heavy atom. The summed E-state index contributed by atoms with van der Waals surface area (Å²) in [6.07, 6.45) is -0.116. The van der Waals surface area contributed by atoms with Gasteiger partial charge in [0.15, 0.2) is 5.72 Å². The fourth-order valence-electron chi connectivity index (χ4n) is 3.66. The molecule has 20 heavy (non-hydrogen) atoms. The average Bonchev–Trinajstić information content (AvgIpc) is 2.66. The van der Waals surface area contributed by atoms with Crippen molar-refractivity contribution in [2.45, 2.75) is 68.2 Å². The number of alkyl halides is 1. The first-order valence-corrected chi connectivity index (χ1v) is 8.39. The molecule has 0 aromatic carbocycles. The number of alkyl carbamates (subject to hydrolysis) is 1. The lowest BCUT2D eigenvalue weighted by molar-refractivity contribution is -0.174. The smallest absolute Gasteiger partial charge is 0.409 e. The lowest BCUT2D eigenvalue weighted by Gasteiger charge is -2.47. The Hall–Kier alpha value is -0.0800. The Labute approximate surface area is 133 Å². The first-order chi connectivity index (χ1) is 9.16. The zero-order chi connectivity index (χ0) is 14.9. The molecule has 1 amide bonds. The second-order valence-electron chi connectivity index (χ2n) is 7.12. The van der Waals surface area contributed by atoms with Gasteiger partial charge in [-0.1, -0.05) is 36.4 Å². The molecule has 4 aliphatic heterocycles. The highest BCUT2D eigenvalue weighted by atomic mass is 127. The summed E-state index contributed by atoms with van der Waals surface area (Å²) >= 11 is 2.34. The Morgan fingerprint density at radius 1 is 1.25 bits per heavy atom. The minimum atomic E-state index is -0.659. The van der Waals surface area contributed by atoms with Gasteiger partial charge in [0.05, 0.1) is 16.1 Å². The summed E-state index contributed by atoms with van der Waals surface area (Å²) in [6.45, 7) is 9.82. The van der Waals surface area contributed by atoms with Crippen LogP contribution in [-0.2, 0) is 14.2 Å². The van der Waals surface area contributed by atoms with Gasteiger partial charge in [-0.05, 0) is 20.8 Å². The molecule has 0 aromatic rings. The molecule has 0 aliphatic carbocycles. The molecule has 7 atom stereocenters. The van der Waals surface area contributed by atoms with Crippen molar-refractivity contribution in [2.24, 2.45) is 11.8 Å². The van der Waals surface area contributed by atoms with Gasteiger partial charge in [0.25, 0.3) is 0 Å². The van der Waals surface area contributed by atoms with Crippen LogP contribution in [-0.4, -0.2) is 39.7 Å². The number of halogens is 1. The standard InChI is InChI=1S/C14H22INO4/c1-6-8-7(2)14(16-12(17)20-13(3,4)5)11(15)10(18-8)9(6)19-14/h6-11H,1-5H3,(H,16,17)/t6-,7+,8+,9+,10-,11+,14-/m1/s1. The highest BCUT2D eigenvalue weighted by molar-refractivity contribution is 14.1. The maximum absolute atomic E-state index is 12.1. The number of rotatable bonds is 1. The van der Waals surface area contributed by atoms with E-state index in [0.29, 0.717) is 5.92 Å². The number of nitrogens with one attached hydrogen (secondary N) is 1. The summed E-state index contributed by atoms with van der Waals surface area (Å²) in [5.74, 6) is 0.491. The molecule has 0 saturated carbocycles. The van der Waals surface area contributed by atoms with E-state index in [4.69, 9.17) is 14.2 Å². The third kappa shape index (κ3) is 1.98. The molecule has 0 aromatic heterocycles. The van der Waals surface area contributed by atoms with E-state index in [2.05, 4.69) is 41.8 Å². The maximum atomic E-state index is 12.1. The van der Waals surface area contributed by atoms with Crippen molar-refractivity contribution >= 4 is 28.7 Å². The molecule has 4 rings (SSSR count). The summed E-state index contributed by atoms with van der Waals surface area (Å²) in [6, 6.07) is 0. The molecule has 4 saturated heterocycles. The van der Waals surface area contributed by atoms with Crippen LogP contribution in [0.1, 0.15) is 34.6 Å². The number of carbonyl (C=O) groups is 1. The molecule has 5 nitrogen and oxygen atoms in total. The lowest BCUT2D eigenvalue weighted by Crippen LogP contribution is -2.66. The first kappa shape index (κ1) is 14.8. The van der Waals surface area contributed by atoms with Crippen LogP contribution < -0.4 is 5.32 Å². The van der Waals surface area contributed by atoms with Crippen molar-refractivity contribution in [1.29, 1.82) is 0 Å². The van der Waals surface area contributed by atoms with Crippen LogP contribution in [0.4, 0.5) is 4.79 Å². The van der Waals surface area contributed by atoms with Gasteiger partial charge in [-0.25, -0.2) is 4.79 Å². The Bertz CT molecular complexity index is 435. The van der Waals surface area contributed by atoms with E-state index in [9.17, 15) is 4.79 Å². The fraction of sp³-hybridized carbons (Fsp3) is 0.929. The molecule has 0 unspecified atom stereocenters. The van der Waals surface area contributed by atoms with Crippen molar-refractivity contribution < 1.29 is 19.0 Å². The van der Waals surface area contributed by atoms with E-state index in [0.717, 1.165) is 0 Å². The number of amides is 1. The van der Waals surface area contributed by atoms with Crippen LogP contribution in [0.3, 0.4) is 0 Å². The summed E-state index contributed by atoms with van der Waals surface area (Å²) in [4.78, 5) is 12.1. The van der Waals surface area contributed by atoms with E-state index in [1.54, 1.807) is 0 Å². The van der Waals surface area contributed by atoms with E-state index in [1.807, 2.05) is 20.8 Å². The van der Waals surface area contributed by atoms with E-state index < -0.39 is 17.4 Å². The zero-order valence-corrected chi connectivity index (χ0v) is 14.6. The van der Waals surface area contributed by atoms with Crippen LogP contribution in [0.25, 0.3) is 0 Å². The van der Waals surface area contributed by atoms with Gasteiger partial charge in [-0.2, -0.15) is 0 Å². The van der Waals surface area contributed by atoms with Gasteiger partial charge >= 0.3 is 6.09 Å². The Kier molecular flexibility index (Phi) is 3.31. The van der Waals surface area contributed by atoms with Gasteiger partial charge in [0.2, 0.25) is 0 Å². The number of hydrogen-bond donors (Lipinski definition) is 1. The normalized spacial score (nSPS) is 49.5. The predicted octanol–water partition coefficient (Wildman–Crippen LogP) is 2.46. The molecule has 4 fully saturated rings. The van der Waals surface area contributed by atoms with Gasteiger partial charge in [-0.15, -0.1) is 0 Å². The van der Waals surface area contributed by atoms with Gasteiger partial charge in [-0.3, -0.25) is 5.32 Å². The second kappa shape index (κ2) is 4.46. The lowest BCUT2D eigenvalue weighted by atomic mass is 9.83. The highest BCUT2D eigenvalue weighted by Crippen LogP contribution is 2.56. The number of ether oxygens (including phenoxy) is 3. The minimum absolute atomic E-state index is 0.0711. The number of carbonyl (C=O) groups excluding carboxylic acids is 1. The second-order valence-corrected chi connectivity index (χ2v) is 8.46. The van der Waals surface area contributed by atoms with Gasteiger partial charge in [0, 0.05) is 11.8 Å². The molecule has 1 N–H and O–H groups in total. The van der Waals surface area contributed by atoms with Crippen LogP contribution in [0.2, 0.25) is 0 Å². The Balaban J connectivity index is 1.81. The van der Waals surface area contributed by atoms with Crippen LogP contribution >= 0.6 is 22.6 Å². The van der Waals surface area contributed by atoms with Crippen LogP contribution in [0.5, 0.6) is 0 Å². The topological polar surface area (TPSA) is 56.8 Å². The monoisotopic (exact) mass is 395 g/mol. The summed E-state index contributed by atoms with van der Waals surface area (Å²) in [5.41, 5.74) is -1.17. The zero-order valence-electron chi connectivity index (χ0n) is 12.5. The number of hydrogen-bond acceptors (Lipinski definition) is 4. The third-order valence-electron chi connectivity index (χ3n) is 4.57. The largest absolute Gasteiger partial charge is 0.444 e. The third-order valence-corrected chi connectivity index (χ3v) is 6.20. The van der Waals surface area contributed by atoms with Gasteiger partial charge < -0.3 is 14.2 Å². The van der Waals surface area contributed by atoms with Crippen molar-refractivity contribution in [3.05, 3.63) is 0 Å². The van der Waals surface area contributed by atoms with Crippen LogP contribution in [0, 0.1) is 11.8 Å². The molecule has 0 radical (unpaired) electrons. The molecular formula is C14H22INO4. The van der Waals surface area contributed by atoms with Crippen molar-refractivity contribution in [2.75, 3.05) is 0 Å². The summed E-state index contributed by atoms with van der Waals surface area (Å²) in [5, 5.41) is 2.99. The quantitative estimate of drug-likeness (QED) is 0.548. The van der Waals surface area contributed by atoms with Crippen LogP contribution in [0.15, 0.2) is 0 Å². The average molecular weight is 395 g/mol. The molecule has 114 valence electrons. The minimum Gasteiger partial charge on any atom is -0.444 e. The molecule has 6 heteroatoms. The first-order valence-electron chi connectivity index (χ1n) is 7.14. The highest BCUT2D eigenvalue weighted by Gasteiger charge is 2.71. The van der Waals surface area contributed by atoms with Crippen molar-refractivity contribution in [3.8, 4) is 0 Å². The van der Waals surface area contributed by atoms with Crippen molar-refractivity contribution in [3.63, 3.8) is 0 Å². The molecule has 0 spiro atoms. The van der Waals surface area contributed by atoms with E-state index in [-0.39, 0.29) is 28.2 Å². The molecule has 4 bridgehead atoms. The molecule has 4 aliphatic rings. The maximum Gasteiger partial charge on any atom is 0.409 e. The van der Waals surface area contributed by atoms with Gasteiger partial charge in [0.1, 0.15) is 11.7 Å². The molecular weight excluding hydrogens is 373 g/mol.